The quantitative estimate of drug-likeness (QED) is 0.813. The smallest absolute Gasteiger partial charge is 0.223 e. The van der Waals surface area contributed by atoms with E-state index in [1.165, 1.54) is 24.0 Å². The van der Waals surface area contributed by atoms with E-state index in [2.05, 4.69) is 77.5 Å². The average molecular weight is 348 g/mol. The molecule has 0 aromatic heterocycles. The highest BCUT2D eigenvalue weighted by Gasteiger charge is 2.36. The fraction of sp³-hybridized carbons (Fsp3) is 0.435. The first-order chi connectivity index (χ1) is 12.7. The number of amides is 1. The molecule has 26 heavy (non-hydrogen) atoms. The molecule has 2 aromatic rings. The molecule has 0 bridgehead atoms. The minimum Gasteiger partial charge on any atom is -0.339 e. The van der Waals surface area contributed by atoms with E-state index < -0.39 is 0 Å². The van der Waals surface area contributed by atoms with Crippen LogP contribution in [-0.2, 0) is 4.79 Å². The Morgan fingerprint density at radius 3 is 2.31 bits per heavy atom. The molecule has 0 spiro atoms. The molecule has 1 saturated carbocycles. The van der Waals surface area contributed by atoms with Crippen LogP contribution in [0.15, 0.2) is 60.7 Å². The van der Waals surface area contributed by atoms with Crippen LogP contribution in [0.5, 0.6) is 0 Å². The van der Waals surface area contributed by atoms with Crippen LogP contribution < -0.4 is 0 Å². The second kappa shape index (κ2) is 7.63. The lowest BCUT2D eigenvalue weighted by atomic mass is 9.90. The minimum atomic E-state index is 0.296. The van der Waals surface area contributed by atoms with E-state index in [9.17, 15) is 4.79 Å². The van der Waals surface area contributed by atoms with Gasteiger partial charge in [-0.25, -0.2) is 0 Å². The summed E-state index contributed by atoms with van der Waals surface area (Å²) in [5, 5.41) is 0. The molecular formula is C23H28N2O. The fourth-order valence-electron chi connectivity index (χ4n) is 4.21. The third-order valence-corrected chi connectivity index (χ3v) is 6.00. The summed E-state index contributed by atoms with van der Waals surface area (Å²) in [5.41, 5.74) is 2.63. The van der Waals surface area contributed by atoms with Crippen LogP contribution in [0.2, 0.25) is 0 Å². The molecule has 3 heteroatoms. The molecule has 1 saturated heterocycles. The molecule has 4 rings (SSSR count). The number of likely N-dealkylation sites (N-methyl/N-ethyl adjacent to an activating group) is 1. The number of nitrogens with zero attached hydrogens (tertiary/aromatic N) is 2. The standard InChI is InChI=1S/C23H28N2O/c1-24-14-15-25(17-22(24)20-10-6-3-7-11-20)23(26)16-21(19-12-13-19)18-8-4-2-5-9-18/h2-11,19,21-22H,12-17H2,1H3. The van der Waals surface area contributed by atoms with Gasteiger partial charge >= 0.3 is 0 Å². The summed E-state index contributed by atoms with van der Waals surface area (Å²) in [6, 6.07) is 21.5. The third kappa shape index (κ3) is 3.83. The predicted molar refractivity (Wildman–Crippen MR) is 105 cm³/mol. The number of hydrogen-bond acceptors (Lipinski definition) is 2. The summed E-state index contributed by atoms with van der Waals surface area (Å²) in [4.78, 5) is 17.6. The third-order valence-electron chi connectivity index (χ3n) is 6.00. The number of piperazine rings is 1. The molecule has 1 amide bonds. The van der Waals surface area contributed by atoms with E-state index in [4.69, 9.17) is 0 Å². The van der Waals surface area contributed by atoms with Crippen molar-refractivity contribution < 1.29 is 4.79 Å². The molecule has 0 N–H and O–H groups in total. The summed E-state index contributed by atoms with van der Waals surface area (Å²) < 4.78 is 0. The first-order valence-corrected chi connectivity index (χ1v) is 9.80. The van der Waals surface area contributed by atoms with Crippen LogP contribution >= 0.6 is 0 Å². The molecular weight excluding hydrogens is 320 g/mol. The molecule has 136 valence electrons. The second-order valence-electron chi connectivity index (χ2n) is 7.81. The highest BCUT2D eigenvalue weighted by Crippen LogP contribution is 2.44. The van der Waals surface area contributed by atoms with Crippen molar-refractivity contribution in [1.82, 2.24) is 9.80 Å². The van der Waals surface area contributed by atoms with Crippen LogP contribution in [0.25, 0.3) is 0 Å². The van der Waals surface area contributed by atoms with Gasteiger partial charge in [-0.05, 0) is 42.9 Å². The summed E-state index contributed by atoms with van der Waals surface area (Å²) in [6.45, 7) is 2.57. The summed E-state index contributed by atoms with van der Waals surface area (Å²) in [5.74, 6) is 1.40. The summed E-state index contributed by atoms with van der Waals surface area (Å²) in [6.07, 6.45) is 3.18. The van der Waals surface area contributed by atoms with Crippen LogP contribution in [0.1, 0.15) is 42.3 Å². The van der Waals surface area contributed by atoms with E-state index in [0.717, 1.165) is 19.6 Å². The predicted octanol–water partition coefficient (Wildman–Crippen LogP) is 4.09. The lowest BCUT2D eigenvalue weighted by molar-refractivity contribution is -0.134. The number of benzene rings is 2. The van der Waals surface area contributed by atoms with Crippen LogP contribution in [0, 0.1) is 5.92 Å². The van der Waals surface area contributed by atoms with E-state index in [0.29, 0.717) is 30.2 Å². The largest absolute Gasteiger partial charge is 0.339 e. The Morgan fingerprint density at radius 1 is 1.00 bits per heavy atom. The van der Waals surface area contributed by atoms with Gasteiger partial charge in [0.25, 0.3) is 0 Å². The molecule has 2 unspecified atom stereocenters. The van der Waals surface area contributed by atoms with Gasteiger partial charge in [-0.15, -0.1) is 0 Å². The van der Waals surface area contributed by atoms with Crippen molar-refractivity contribution in [2.75, 3.05) is 26.7 Å². The van der Waals surface area contributed by atoms with Crippen molar-refractivity contribution in [3.05, 3.63) is 71.8 Å². The Bertz CT molecular complexity index is 726. The van der Waals surface area contributed by atoms with E-state index in [1.807, 2.05) is 0 Å². The lowest BCUT2D eigenvalue weighted by Gasteiger charge is -2.40. The SMILES string of the molecule is CN1CCN(C(=O)CC(c2ccccc2)C2CC2)CC1c1ccccc1. The van der Waals surface area contributed by atoms with Gasteiger partial charge in [0.2, 0.25) is 5.91 Å². The zero-order chi connectivity index (χ0) is 17.9. The Morgan fingerprint density at radius 2 is 1.65 bits per heavy atom. The van der Waals surface area contributed by atoms with Gasteiger partial charge in [0.15, 0.2) is 0 Å². The average Bonchev–Trinajstić information content (AvgIpc) is 3.53. The maximum atomic E-state index is 13.1. The zero-order valence-electron chi connectivity index (χ0n) is 15.6. The molecule has 2 fully saturated rings. The van der Waals surface area contributed by atoms with Gasteiger partial charge in [-0.1, -0.05) is 60.7 Å². The minimum absolute atomic E-state index is 0.296. The van der Waals surface area contributed by atoms with Crippen LogP contribution in [-0.4, -0.2) is 42.4 Å². The summed E-state index contributed by atoms with van der Waals surface area (Å²) >= 11 is 0. The number of hydrogen-bond donors (Lipinski definition) is 0. The molecule has 2 atom stereocenters. The maximum Gasteiger partial charge on any atom is 0.223 e. The Labute approximate surface area is 156 Å². The second-order valence-corrected chi connectivity index (χ2v) is 7.81. The molecule has 0 radical (unpaired) electrons. The van der Waals surface area contributed by atoms with E-state index >= 15 is 0 Å². The maximum absolute atomic E-state index is 13.1. The van der Waals surface area contributed by atoms with E-state index in [1.54, 1.807) is 0 Å². The summed E-state index contributed by atoms with van der Waals surface area (Å²) in [7, 11) is 2.16. The Hall–Kier alpha value is -2.13. The first-order valence-electron chi connectivity index (χ1n) is 9.80. The molecule has 1 aliphatic carbocycles. The molecule has 2 aromatic carbocycles. The number of carbonyl (C=O) groups is 1. The number of rotatable bonds is 5. The van der Waals surface area contributed by atoms with Gasteiger partial charge in [0.1, 0.15) is 0 Å². The molecule has 3 nitrogen and oxygen atoms in total. The van der Waals surface area contributed by atoms with Crippen molar-refractivity contribution in [1.29, 1.82) is 0 Å². The van der Waals surface area contributed by atoms with Gasteiger partial charge in [0.05, 0.1) is 6.04 Å². The molecule has 2 aliphatic rings. The fourth-order valence-corrected chi connectivity index (χ4v) is 4.21. The van der Waals surface area contributed by atoms with Crippen molar-refractivity contribution in [3.63, 3.8) is 0 Å². The van der Waals surface area contributed by atoms with Crippen molar-refractivity contribution in [2.45, 2.75) is 31.2 Å². The zero-order valence-corrected chi connectivity index (χ0v) is 15.6. The highest BCUT2D eigenvalue weighted by molar-refractivity contribution is 5.77. The van der Waals surface area contributed by atoms with Crippen molar-refractivity contribution >= 4 is 5.91 Å². The van der Waals surface area contributed by atoms with Crippen molar-refractivity contribution in [3.8, 4) is 0 Å². The Kier molecular flexibility index (Phi) is 5.07. The van der Waals surface area contributed by atoms with Crippen LogP contribution in [0.3, 0.4) is 0 Å². The lowest BCUT2D eigenvalue weighted by Crippen LogP contribution is -2.49. The molecule has 1 aliphatic heterocycles. The van der Waals surface area contributed by atoms with Crippen LogP contribution in [0.4, 0.5) is 0 Å². The monoisotopic (exact) mass is 348 g/mol. The van der Waals surface area contributed by atoms with Crippen molar-refractivity contribution in [2.24, 2.45) is 5.92 Å². The molecule has 1 heterocycles. The Balaban J connectivity index is 1.45. The topological polar surface area (TPSA) is 23.6 Å². The van der Waals surface area contributed by atoms with Gasteiger partial charge < -0.3 is 4.90 Å². The number of carbonyl (C=O) groups excluding carboxylic acids is 1. The highest BCUT2D eigenvalue weighted by atomic mass is 16.2. The normalized spacial score (nSPS) is 22.2. The van der Waals surface area contributed by atoms with E-state index in [-0.39, 0.29) is 0 Å². The van der Waals surface area contributed by atoms with Gasteiger partial charge in [0, 0.05) is 26.1 Å². The van der Waals surface area contributed by atoms with Gasteiger partial charge in [-0.3, -0.25) is 9.69 Å². The first kappa shape index (κ1) is 17.3. The van der Waals surface area contributed by atoms with Gasteiger partial charge in [-0.2, -0.15) is 0 Å².